The molecule has 1 unspecified atom stereocenters. The van der Waals surface area contributed by atoms with E-state index in [0.717, 1.165) is 44.1 Å². The van der Waals surface area contributed by atoms with Crippen molar-refractivity contribution in [1.29, 1.82) is 0 Å². The van der Waals surface area contributed by atoms with Gasteiger partial charge in [-0.15, -0.1) is 0 Å². The molecule has 1 aromatic carbocycles. The summed E-state index contributed by atoms with van der Waals surface area (Å²) in [6.07, 6.45) is 4.09. The van der Waals surface area contributed by atoms with Crippen LogP contribution in [0.2, 0.25) is 0 Å². The third-order valence-corrected chi connectivity index (χ3v) is 3.96. The summed E-state index contributed by atoms with van der Waals surface area (Å²) < 4.78 is 0. The van der Waals surface area contributed by atoms with Crippen molar-refractivity contribution in [3.05, 3.63) is 53.9 Å². The van der Waals surface area contributed by atoms with Crippen LogP contribution in [0.5, 0.6) is 0 Å². The van der Waals surface area contributed by atoms with Gasteiger partial charge in [-0.3, -0.25) is 0 Å². The van der Waals surface area contributed by atoms with Crippen LogP contribution >= 0.6 is 0 Å². The van der Waals surface area contributed by atoms with E-state index in [2.05, 4.69) is 50.5 Å². The smallest absolute Gasteiger partial charge is 0.223 e. The minimum atomic E-state index is 0.461. The fourth-order valence-electron chi connectivity index (χ4n) is 2.79. The highest BCUT2D eigenvalue weighted by molar-refractivity contribution is 5.27. The third kappa shape index (κ3) is 4.02. The molecule has 1 aliphatic heterocycles. The fraction of sp³-hybridized carbons (Fsp3) is 0.412. The second-order valence-corrected chi connectivity index (χ2v) is 5.69. The Morgan fingerprint density at radius 3 is 2.90 bits per heavy atom. The van der Waals surface area contributed by atoms with Crippen LogP contribution < -0.4 is 5.32 Å². The minimum Gasteiger partial charge on any atom is -0.350 e. The van der Waals surface area contributed by atoms with Crippen molar-refractivity contribution in [3.8, 4) is 0 Å². The highest BCUT2D eigenvalue weighted by Gasteiger charge is 2.22. The Hall–Kier alpha value is -1.94. The molecule has 1 atom stereocenters. The SMILES string of the molecule is Cc1ccnc(NC2CCN(CCc3ccccc3)C2)n1. The predicted molar refractivity (Wildman–Crippen MR) is 85.4 cm³/mol. The van der Waals surface area contributed by atoms with Gasteiger partial charge >= 0.3 is 0 Å². The van der Waals surface area contributed by atoms with E-state index in [9.17, 15) is 0 Å². The molecule has 1 aromatic heterocycles. The van der Waals surface area contributed by atoms with Gasteiger partial charge in [0.15, 0.2) is 0 Å². The third-order valence-electron chi connectivity index (χ3n) is 3.96. The molecule has 110 valence electrons. The molecule has 4 nitrogen and oxygen atoms in total. The standard InChI is InChI=1S/C17H22N4/c1-14-7-10-18-17(19-14)20-16-9-12-21(13-16)11-8-15-5-3-2-4-6-15/h2-7,10,16H,8-9,11-13H2,1H3,(H,18,19,20). The first-order valence-corrected chi connectivity index (χ1v) is 7.62. The first kappa shape index (κ1) is 14.0. The first-order chi connectivity index (χ1) is 10.3. The summed E-state index contributed by atoms with van der Waals surface area (Å²) in [7, 11) is 0. The van der Waals surface area contributed by atoms with E-state index in [-0.39, 0.29) is 0 Å². The van der Waals surface area contributed by atoms with E-state index in [1.54, 1.807) is 0 Å². The monoisotopic (exact) mass is 282 g/mol. The number of aryl methyl sites for hydroxylation is 1. The van der Waals surface area contributed by atoms with Crippen molar-refractivity contribution in [2.24, 2.45) is 0 Å². The molecule has 2 aromatic rings. The second-order valence-electron chi connectivity index (χ2n) is 5.69. The van der Waals surface area contributed by atoms with Crippen LogP contribution in [0.15, 0.2) is 42.6 Å². The largest absolute Gasteiger partial charge is 0.350 e. The molecule has 0 amide bonds. The summed E-state index contributed by atoms with van der Waals surface area (Å²) in [4.78, 5) is 11.2. The summed E-state index contributed by atoms with van der Waals surface area (Å²) in [6.45, 7) is 5.34. The minimum absolute atomic E-state index is 0.461. The maximum atomic E-state index is 4.41. The lowest BCUT2D eigenvalue weighted by molar-refractivity contribution is 0.340. The molecule has 4 heteroatoms. The number of benzene rings is 1. The molecular formula is C17H22N4. The summed E-state index contributed by atoms with van der Waals surface area (Å²) in [5.74, 6) is 0.755. The van der Waals surface area contributed by atoms with Crippen LogP contribution in [0.1, 0.15) is 17.7 Å². The molecule has 1 N–H and O–H groups in total. The molecule has 0 spiro atoms. The van der Waals surface area contributed by atoms with Crippen LogP contribution in [-0.4, -0.2) is 40.5 Å². The van der Waals surface area contributed by atoms with Crippen molar-refractivity contribution < 1.29 is 0 Å². The number of likely N-dealkylation sites (tertiary alicyclic amines) is 1. The average Bonchev–Trinajstić information content (AvgIpc) is 2.94. The van der Waals surface area contributed by atoms with E-state index in [1.165, 1.54) is 5.56 Å². The van der Waals surface area contributed by atoms with Crippen molar-refractivity contribution >= 4 is 5.95 Å². The zero-order valence-electron chi connectivity index (χ0n) is 12.5. The molecule has 1 aliphatic rings. The van der Waals surface area contributed by atoms with Crippen LogP contribution in [0.4, 0.5) is 5.95 Å². The molecule has 0 aliphatic carbocycles. The predicted octanol–water partition coefficient (Wildman–Crippen LogP) is 2.51. The lowest BCUT2D eigenvalue weighted by Crippen LogP contribution is -2.28. The van der Waals surface area contributed by atoms with Crippen molar-refractivity contribution in [2.75, 3.05) is 25.0 Å². The Labute approximate surface area is 126 Å². The number of hydrogen-bond acceptors (Lipinski definition) is 4. The Bertz CT molecular complexity index is 570. The van der Waals surface area contributed by atoms with Crippen LogP contribution in [-0.2, 0) is 6.42 Å². The van der Waals surface area contributed by atoms with E-state index in [1.807, 2.05) is 19.2 Å². The normalized spacial score (nSPS) is 18.8. The summed E-state index contributed by atoms with van der Waals surface area (Å²) in [6, 6.07) is 13.1. The van der Waals surface area contributed by atoms with Gasteiger partial charge in [0.1, 0.15) is 0 Å². The maximum Gasteiger partial charge on any atom is 0.223 e. The highest BCUT2D eigenvalue weighted by atomic mass is 15.2. The molecular weight excluding hydrogens is 260 g/mol. The highest BCUT2D eigenvalue weighted by Crippen LogP contribution is 2.14. The van der Waals surface area contributed by atoms with Crippen molar-refractivity contribution in [1.82, 2.24) is 14.9 Å². The zero-order valence-corrected chi connectivity index (χ0v) is 12.5. The van der Waals surface area contributed by atoms with Crippen LogP contribution in [0, 0.1) is 6.92 Å². The summed E-state index contributed by atoms with van der Waals surface area (Å²) in [5, 5.41) is 3.45. The lowest BCUT2D eigenvalue weighted by atomic mass is 10.1. The van der Waals surface area contributed by atoms with Crippen LogP contribution in [0.3, 0.4) is 0 Å². The number of aromatic nitrogens is 2. The van der Waals surface area contributed by atoms with E-state index in [4.69, 9.17) is 0 Å². The Morgan fingerprint density at radius 2 is 2.10 bits per heavy atom. The Morgan fingerprint density at radius 1 is 1.24 bits per heavy atom. The van der Waals surface area contributed by atoms with Gasteiger partial charge in [0.2, 0.25) is 5.95 Å². The molecule has 3 rings (SSSR count). The topological polar surface area (TPSA) is 41.1 Å². The molecule has 1 saturated heterocycles. The molecule has 1 fully saturated rings. The van der Waals surface area contributed by atoms with Gasteiger partial charge in [-0.1, -0.05) is 30.3 Å². The van der Waals surface area contributed by atoms with Gasteiger partial charge < -0.3 is 10.2 Å². The van der Waals surface area contributed by atoms with Gasteiger partial charge in [-0.2, -0.15) is 0 Å². The quantitative estimate of drug-likeness (QED) is 0.915. The Kier molecular flexibility index (Phi) is 4.46. The molecule has 21 heavy (non-hydrogen) atoms. The molecule has 0 radical (unpaired) electrons. The van der Waals surface area contributed by atoms with E-state index in [0.29, 0.717) is 6.04 Å². The molecule has 0 bridgehead atoms. The van der Waals surface area contributed by atoms with E-state index >= 15 is 0 Å². The maximum absolute atomic E-state index is 4.41. The average molecular weight is 282 g/mol. The van der Waals surface area contributed by atoms with Gasteiger partial charge in [0, 0.05) is 37.6 Å². The second kappa shape index (κ2) is 6.68. The first-order valence-electron chi connectivity index (χ1n) is 7.62. The van der Waals surface area contributed by atoms with E-state index < -0.39 is 0 Å². The van der Waals surface area contributed by atoms with Crippen molar-refractivity contribution in [3.63, 3.8) is 0 Å². The number of rotatable bonds is 5. The number of nitrogens with zero attached hydrogens (tertiary/aromatic N) is 3. The summed E-state index contributed by atoms with van der Waals surface area (Å²) >= 11 is 0. The van der Waals surface area contributed by atoms with Gasteiger partial charge in [0.05, 0.1) is 0 Å². The molecule has 0 saturated carbocycles. The lowest BCUT2D eigenvalue weighted by Gasteiger charge is -2.16. The number of hydrogen-bond donors (Lipinski definition) is 1. The zero-order chi connectivity index (χ0) is 14.5. The number of nitrogens with one attached hydrogen (secondary N) is 1. The fourth-order valence-corrected chi connectivity index (χ4v) is 2.79. The van der Waals surface area contributed by atoms with Crippen LogP contribution in [0.25, 0.3) is 0 Å². The van der Waals surface area contributed by atoms with Gasteiger partial charge in [0.25, 0.3) is 0 Å². The van der Waals surface area contributed by atoms with Gasteiger partial charge in [-0.05, 0) is 31.4 Å². The molecule has 2 heterocycles. The summed E-state index contributed by atoms with van der Waals surface area (Å²) in [5.41, 5.74) is 2.42. The van der Waals surface area contributed by atoms with Crippen molar-refractivity contribution in [2.45, 2.75) is 25.8 Å². The number of anilines is 1. The Balaban J connectivity index is 1.47. The van der Waals surface area contributed by atoms with Gasteiger partial charge in [-0.25, -0.2) is 9.97 Å².